The Kier molecular flexibility index (Phi) is 4.10. The largest absolute Gasteiger partial charge is 0.497 e. The fraction of sp³-hybridized carbons (Fsp3) is 0.471. The van der Waals surface area contributed by atoms with E-state index >= 15 is 0 Å². The van der Waals surface area contributed by atoms with Gasteiger partial charge in [0.15, 0.2) is 0 Å². The van der Waals surface area contributed by atoms with Gasteiger partial charge in [-0.1, -0.05) is 23.5 Å². The predicted molar refractivity (Wildman–Crippen MR) is 92.6 cm³/mol. The van der Waals surface area contributed by atoms with Crippen LogP contribution in [0.3, 0.4) is 0 Å². The minimum Gasteiger partial charge on any atom is -0.497 e. The molecule has 1 aliphatic heterocycles. The van der Waals surface area contributed by atoms with Crippen molar-refractivity contribution in [1.82, 2.24) is 15.1 Å². The van der Waals surface area contributed by atoms with Crippen LogP contribution >= 0.6 is 11.3 Å². The molecule has 2 amide bonds. The maximum atomic E-state index is 12.6. The molecule has 1 unspecified atom stereocenters. The van der Waals surface area contributed by atoms with E-state index in [0.717, 1.165) is 35.7 Å². The average molecular weight is 344 g/mol. The molecule has 0 spiro atoms. The maximum Gasteiger partial charge on any atom is 0.324 e. The number of urea groups is 1. The summed E-state index contributed by atoms with van der Waals surface area (Å²) < 4.78 is 5.21. The topological polar surface area (TPSA) is 67.3 Å². The molecule has 1 aromatic heterocycles. The van der Waals surface area contributed by atoms with Crippen LogP contribution in [-0.4, -0.2) is 34.8 Å². The third-order valence-corrected chi connectivity index (χ3v) is 5.60. The molecule has 1 N–H and O–H groups in total. The smallest absolute Gasteiger partial charge is 0.324 e. The highest BCUT2D eigenvalue weighted by Gasteiger charge is 2.31. The summed E-state index contributed by atoms with van der Waals surface area (Å²) in [4.78, 5) is 14.5. The zero-order valence-electron chi connectivity index (χ0n) is 13.6. The van der Waals surface area contributed by atoms with Gasteiger partial charge >= 0.3 is 6.03 Å². The van der Waals surface area contributed by atoms with E-state index in [0.29, 0.717) is 11.0 Å². The van der Waals surface area contributed by atoms with Gasteiger partial charge in [-0.2, -0.15) is 0 Å². The first-order chi connectivity index (χ1) is 11.7. The maximum absolute atomic E-state index is 12.6. The molecule has 4 rings (SSSR count). The molecule has 126 valence electrons. The Morgan fingerprint density at radius 1 is 1.25 bits per heavy atom. The number of hydrogen-bond acceptors (Lipinski definition) is 5. The molecule has 24 heavy (non-hydrogen) atoms. The molecule has 7 heteroatoms. The van der Waals surface area contributed by atoms with Gasteiger partial charge in [0.1, 0.15) is 10.8 Å². The first-order valence-electron chi connectivity index (χ1n) is 8.29. The minimum absolute atomic E-state index is 0.0909. The number of rotatable bonds is 4. The lowest BCUT2D eigenvalue weighted by molar-refractivity contribution is 0.207. The first-order valence-corrected chi connectivity index (χ1v) is 9.11. The number of anilines is 1. The zero-order chi connectivity index (χ0) is 16.5. The Bertz CT molecular complexity index is 726. The van der Waals surface area contributed by atoms with Crippen molar-refractivity contribution in [3.05, 3.63) is 34.8 Å². The molecule has 2 fully saturated rings. The van der Waals surface area contributed by atoms with Crippen molar-refractivity contribution >= 4 is 22.5 Å². The summed E-state index contributed by atoms with van der Waals surface area (Å²) in [5.41, 5.74) is 1.14. The summed E-state index contributed by atoms with van der Waals surface area (Å²) in [5.74, 6) is 1.39. The molecule has 1 saturated carbocycles. The standard InChI is InChI=1S/C17H20N4O2S/c1-23-13-8-6-11(7-9-13)14-3-2-10-21(14)17(22)18-16-20-19-15(24-16)12-4-5-12/h6-9,12,14H,2-5,10H2,1H3,(H,18,20,22). The molecule has 1 saturated heterocycles. The van der Waals surface area contributed by atoms with Crippen LogP contribution in [0.15, 0.2) is 24.3 Å². The summed E-state index contributed by atoms with van der Waals surface area (Å²) in [6.45, 7) is 0.761. The summed E-state index contributed by atoms with van der Waals surface area (Å²) in [5, 5.41) is 12.8. The molecule has 2 aromatic rings. The predicted octanol–water partition coefficient (Wildman–Crippen LogP) is 3.79. The molecular formula is C17H20N4O2S. The number of ether oxygens (including phenoxy) is 1. The van der Waals surface area contributed by atoms with Crippen LogP contribution < -0.4 is 10.1 Å². The Hall–Kier alpha value is -2.15. The van der Waals surface area contributed by atoms with Crippen LogP contribution in [0.4, 0.5) is 9.93 Å². The number of hydrogen-bond donors (Lipinski definition) is 1. The SMILES string of the molecule is COc1ccc(C2CCCN2C(=O)Nc2nnc(C3CC3)s2)cc1. The number of carbonyl (C=O) groups excluding carboxylic acids is 1. The van der Waals surface area contributed by atoms with E-state index in [9.17, 15) is 4.79 Å². The third-order valence-electron chi connectivity index (χ3n) is 4.60. The van der Waals surface area contributed by atoms with Gasteiger partial charge in [-0.15, -0.1) is 10.2 Å². The Labute approximate surface area is 144 Å². The van der Waals surface area contributed by atoms with Crippen molar-refractivity contribution in [1.29, 1.82) is 0 Å². The molecular weight excluding hydrogens is 324 g/mol. The van der Waals surface area contributed by atoms with Crippen LogP contribution in [0.5, 0.6) is 5.75 Å². The second-order valence-corrected chi connectivity index (χ2v) is 7.28. The third kappa shape index (κ3) is 3.08. The number of amides is 2. The molecule has 2 heterocycles. The number of methoxy groups -OCH3 is 1. The highest BCUT2D eigenvalue weighted by atomic mass is 32.1. The van der Waals surface area contributed by atoms with Gasteiger partial charge in [0, 0.05) is 12.5 Å². The van der Waals surface area contributed by atoms with Crippen LogP contribution in [0.1, 0.15) is 48.2 Å². The molecule has 0 bridgehead atoms. The quantitative estimate of drug-likeness (QED) is 0.916. The number of benzene rings is 1. The number of nitrogens with zero attached hydrogens (tertiary/aromatic N) is 3. The van der Waals surface area contributed by atoms with E-state index < -0.39 is 0 Å². The summed E-state index contributed by atoms with van der Waals surface area (Å²) in [6.07, 6.45) is 4.36. The van der Waals surface area contributed by atoms with Gasteiger partial charge in [-0.25, -0.2) is 4.79 Å². The Balaban J connectivity index is 1.45. The fourth-order valence-corrected chi connectivity index (χ4v) is 4.03. The van der Waals surface area contributed by atoms with Crippen molar-refractivity contribution in [2.24, 2.45) is 0 Å². The lowest BCUT2D eigenvalue weighted by atomic mass is 10.0. The van der Waals surface area contributed by atoms with Gasteiger partial charge < -0.3 is 9.64 Å². The van der Waals surface area contributed by atoms with Gasteiger partial charge in [0.25, 0.3) is 0 Å². The van der Waals surface area contributed by atoms with E-state index in [1.807, 2.05) is 29.2 Å². The van der Waals surface area contributed by atoms with Gasteiger partial charge in [-0.3, -0.25) is 5.32 Å². The van der Waals surface area contributed by atoms with Crippen LogP contribution in [0.25, 0.3) is 0 Å². The van der Waals surface area contributed by atoms with Crippen LogP contribution in [0.2, 0.25) is 0 Å². The van der Waals surface area contributed by atoms with Crippen LogP contribution in [-0.2, 0) is 0 Å². The van der Waals surface area contributed by atoms with E-state index in [-0.39, 0.29) is 12.1 Å². The number of aromatic nitrogens is 2. The van der Waals surface area contributed by atoms with Gasteiger partial charge in [-0.05, 0) is 43.4 Å². The molecule has 6 nitrogen and oxygen atoms in total. The number of nitrogens with one attached hydrogen (secondary N) is 1. The zero-order valence-corrected chi connectivity index (χ0v) is 14.4. The Morgan fingerprint density at radius 3 is 2.75 bits per heavy atom. The monoisotopic (exact) mass is 344 g/mol. The van der Waals surface area contributed by atoms with Crippen LogP contribution in [0, 0.1) is 0 Å². The highest BCUT2D eigenvalue weighted by Crippen LogP contribution is 2.42. The second-order valence-electron chi connectivity index (χ2n) is 6.27. The van der Waals surface area contributed by atoms with Crippen molar-refractivity contribution in [3.8, 4) is 5.75 Å². The molecule has 1 aliphatic carbocycles. The summed E-state index contributed by atoms with van der Waals surface area (Å²) >= 11 is 1.50. The summed E-state index contributed by atoms with van der Waals surface area (Å²) in [7, 11) is 1.66. The average Bonchev–Trinajstić information content (AvgIpc) is 3.16. The lowest BCUT2D eigenvalue weighted by Crippen LogP contribution is -2.34. The molecule has 0 radical (unpaired) electrons. The first kappa shape index (κ1) is 15.4. The normalized spacial score (nSPS) is 20.2. The van der Waals surface area contributed by atoms with E-state index in [1.54, 1.807) is 7.11 Å². The van der Waals surface area contributed by atoms with Crippen molar-refractivity contribution < 1.29 is 9.53 Å². The Morgan fingerprint density at radius 2 is 2.04 bits per heavy atom. The molecule has 1 aromatic carbocycles. The second kappa shape index (κ2) is 6.39. The van der Waals surface area contributed by atoms with E-state index in [2.05, 4.69) is 15.5 Å². The number of carbonyl (C=O) groups is 1. The van der Waals surface area contributed by atoms with Gasteiger partial charge in [0.05, 0.1) is 13.2 Å². The van der Waals surface area contributed by atoms with Gasteiger partial charge in [0.2, 0.25) is 5.13 Å². The lowest BCUT2D eigenvalue weighted by Gasteiger charge is -2.24. The minimum atomic E-state index is -0.0909. The highest BCUT2D eigenvalue weighted by molar-refractivity contribution is 7.15. The molecule has 2 aliphatic rings. The van der Waals surface area contributed by atoms with Crippen molar-refractivity contribution in [3.63, 3.8) is 0 Å². The molecule has 1 atom stereocenters. The van der Waals surface area contributed by atoms with E-state index in [1.165, 1.54) is 24.2 Å². The van der Waals surface area contributed by atoms with Crippen molar-refractivity contribution in [2.75, 3.05) is 19.0 Å². The van der Waals surface area contributed by atoms with Crippen molar-refractivity contribution in [2.45, 2.75) is 37.6 Å². The fourth-order valence-electron chi connectivity index (χ4n) is 3.13. The van der Waals surface area contributed by atoms with E-state index in [4.69, 9.17) is 4.74 Å². The number of likely N-dealkylation sites (tertiary alicyclic amines) is 1. The summed E-state index contributed by atoms with van der Waals surface area (Å²) in [6, 6.07) is 7.96.